The molecular formula is C13H16N6OS. The maximum Gasteiger partial charge on any atom is 0.257 e. The summed E-state index contributed by atoms with van der Waals surface area (Å²) >= 11 is 1.56. The highest BCUT2D eigenvalue weighted by atomic mass is 32.1. The minimum absolute atomic E-state index is 0.163. The van der Waals surface area contributed by atoms with Crippen molar-refractivity contribution in [2.45, 2.75) is 32.7 Å². The average molecular weight is 304 g/mol. The third kappa shape index (κ3) is 2.66. The van der Waals surface area contributed by atoms with Crippen molar-refractivity contribution in [1.82, 2.24) is 25.2 Å². The van der Waals surface area contributed by atoms with Gasteiger partial charge in [0.05, 0.1) is 10.6 Å². The fraction of sp³-hybridized carbons (Fsp3) is 0.385. The van der Waals surface area contributed by atoms with Crippen molar-refractivity contribution in [3.63, 3.8) is 0 Å². The molecule has 0 unspecified atom stereocenters. The average Bonchev–Trinajstić information content (AvgIpc) is 3.09. The van der Waals surface area contributed by atoms with Crippen LogP contribution in [0.5, 0.6) is 0 Å². The van der Waals surface area contributed by atoms with Crippen LogP contribution in [-0.2, 0) is 12.0 Å². The molecule has 0 fully saturated rings. The quantitative estimate of drug-likeness (QED) is 0.797. The van der Waals surface area contributed by atoms with Crippen molar-refractivity contribution in [1.29, 1.82) is 0 Å². The molecule has 110 valence electrons. The molecule has 0 aromatic carbocycles. The molecule has 0 atom stereocenters. The Morgan fingerprint density at radius 3 is 2.76 bits per heavy atom. The summed E-state index contributed by atoms with van der Waals surface area (Å²) in [7, 11) is 0. The van der Waals surface area contributed by atoms with E-state index >= 15 is 0 Å². The van der Waals surface area contributed by atoms with E-state index in [1.54, 1.807) is 16.0 Å². The second kappa shape index (κ2) is 4.96. The molecule has 0 radical (unpaired) electrons. The lowest BCUT2D eigenvalue weighted by atomic mass is 9.92. The van der Waals surface area contributed by atoms with Gasteiger partial charge in [-0.1, -0.05) is 32.1 Å². The van der Waals surface area contributed by atoms with Crippen LogP contribution in [0.3, 0.4) is 0 Å². The van der Waals surface area contributed by atoms with Crippen LogP contribution < -0.4 is 5.73 Å². The first kappa shape index (κ1) is 13.7. The fourth-order valence-electron chi connectivity index (χ4n) is 2.15. The molecule has 8 heteroatoms. The van der Waals surface area contributed by atoms with Gasteiger partial charge in [0.1, 0.15) is 6.54 Å². The van der Waals surface area contributed by atoms with Gasteiger partial charge in [-0.15, -0.1) is 26.6 Å². The van der Waals surface area contributed by atoms with Gasteiger partial charge in [0.2, 0.25) is 5.89 Å². The van der Waals surface area contributed by atoms with Gasteiger partial charge in [-0.05, 0) is 11.4 Å². The second-order valence-corrected chi connectivity index (χ2v) is 6.66. The van der Waals surface area contributed by atoms with E-state index in [4.69, 9.17) is 10.2 Å². The predicted octanol–water partition coefficient (Wildman–Crippen LogP) is 2.32. The number of hydrogen-bond donors (Lipinski definition) is 1. The summed E-state index contributed by atoms with van der Waals surface area (Å²) in [5, 5.41) is 18.1. The fourth-order valence-corrected chi connectivity index (χ4v) is 2.80. The molecule has 0 spiro atoms. The van der Waals surface area contributed by atoms with E-state index in [-0.39, 0.29) is 5.41 Å². The zero-order valence-corrected chi connectivity index (χ0v) is 12.9. The molecule has 0 aliphatic carbocycles. The zero-order valence-electron chi connectivity index (χ0n) is 12.1. The lowest BCUT2D eigenvalue weighted by molar-refractivity contribution is 0.440. The highest BCUT2D eigenvalue weighted by Crippen LogP contribution is 2.27. The Kier molecular flexibility index (Phi) is 3.25. The molecule has 3 rings (SSSR count). The van der Waals surface area contributed by atoms with Gasteiger partial charge >= 0.3 is 0 Å². The summed E-state index contributed by atoms with van der Waals surface area (Å²) in [6, 6.07) is 3.88. The van der Waals surface area contributed by atoms with Gasteiger partial charge in [-0.25, -0.2) is 4.68 Å². The number of hydrogen-bond acceptors (Lipinski definition) is 7. The third-order valence-electron chi connectivity index (χ3n) is 2.96. The molecule has 21 heavy (non-hydrogen) atoms. The van der Waals surface area contributed by atoms with Crippen LogP contribution in [0.1, 0.15) is 32.4 Å². The van der Waals surface area contributed by atoms with Crippen LogP contribution in [0.15, 0.2) is 21.9 Å². The normalized spacial score (nSPS) is 12.0. The van der Waals surface area contributed by atoms with E-state index in [2.05, 4.69) is 41.3 Å². The van der Waals surface area contributed by atoms with Gasteiger partial charge in [0.25, 0.3) is 5.89 Å². The summed E-state index contributed by atoms with van der Waals surface area (Å²) in [5.41, 5.74) is 6.60. The molecule has 0 bridgehead atoms. The number of aromatic nitrogens is 5. The Labute approximate surface area is 125 Å². The van der Waals surface area contributed by atoms with E-state index in [1.807, 2.05) is 17.5 Å². The number of nitrogen functional groups attached to an aromatic ring is 1. The number of nitrogens with zero attached hydrogens (tertiary/aromatic N) is 5. The Morgan fingerprint density at radius 1 is 1.29 bits per heavy atom. The second-order valence-electron chi connectivity index (χ2n) is 5.71. The Morgan fingerprint density at radius 2 is 2.10 bits per heavy atom. The summed E-state index contributed by atoms with van der Waals surface area (Å²) in [4.78, 5) is 0.947. The molecule has 0 amide bonds. The SMILES string of the molecule is CC(C)(C)c1c(N)nnn1Cc1nnc(-c2cccs2)o1. The molecule has 7 nitrogen and oxygen atoms in total. The highest BCUT2D eigenvalue weighted by Gasteiger charge is 2.25. The molecular weight excluding hydrogens is 288 g/mol. The third-order valence-corrected chi connectivity index (χ3v) is 3.81. The lowest BCUT2D eigenvalue weighted by Crippen LogP contribution is -2.20. The van der Waals surface area contributed by atoms with E-state index < -0.39 is 0 Å². The molecule has 3 aromatic rings. The van der Waals surface area contributed by atoms with Gasteiger partial charge in [0.15, 0.2) is 5.82 Å². The highest BCUT2D eigenvalue weighted by molar-refractivity contribution is 7.13. The largest absolute Gasteiger partial charge is 0.418 e. The minimum Gasteiger partial charge on any atom is -0.418 e. The Bertz CT molecular complexity index is 737. The zero-order chi connectivity index (χ0) is 15.0. The van der Waals surface area contributed by atoms with Crippen molar-refractivity contribution >= 4 is 17.2 Å². The molecule has 0 saturated heterocycles. The molecule has 0 aliphatic rings. The first-order valence-corrected chi connectivity index (χ1v) is 7.39. The monoisotopic (exact) mass is 304 g/mol. The molecule has 3 heterocycles. The Hall–Kier alpha value is -2.22. The van der Waals surface area contributed by atoms with Gasteiger partial charge in [-0.2, -0.15) is 0 Å². The first-order valence-electron chi connectivity index (χ1n) is 6.51. The van der Waals surface area contributed by atoms with Crippen molar-refractivity contribution in [3.05, 3.63) is 29.1 Å². The van der Waals surface area contributed by atoms with Crippen LogP contribution in [0, 0.1) is 0 Å². The van der Waals surface area contributed by atoms with Crippen LogP contribution in [0.4, 0.5) is 5.82 Å². The maximum atomic E-state index is 5.90. The van der Waals surface area contributed by atoms with E-state index in [9.17, 15) is 0 Å². The standard InChI is InChI=1S/C13H16N6OS/c1-13(2,3)10-11(14)16-18-19(10)7-9-15-17-12(20-9)8-5-4-6-21-8/h4-6H,7,14H2,1-3H3. The maximum absolute atomic E-state index is 5.90. The van der Waals surface area contributed by atoms with Crippen molar-refractivity contribution in [2.24, 2.45) is 0 Å². The molecule has 3 aromatic heterocycles. The van der Waals surface area contributed by atoms with Crippen molar-refractivity contribution < 1.29 is 4.42 Å². The summed E-state index contributed by atoms with van der Waals surface area (Å²) in [6.45, 7) is 6.53. The van der Waals surface area contributed by atoms with Gasteiger partial charge < -0.3 is 10.2 Å². The Balaban J connectivity index is 1.88. The van der Waals surface area contributed by atoms with E-state index in [0.29, 0.717) is 24.1 Å². The number of nitrogens with two attached hydrogens (primary N) is 1. The number of thiophene rings is 1. The van der Waals surface area contributed by atoms with Crippen molar-refractivity contribution in [2.75, 3.05) is 5.73 Å². The van der Waals surface area contributed by atoms with E-state index in [0.717, 1.165) is 10.6 Å². The van der Waals surface area contributed by atoms with Crippen LogP contribution in [0.2, 0.25) is 0 Å². The molecule has 0 saturated carbocycles. The van der Waals surface area contributed by atoms with Crippen LogP contribution >= 0.6 is 11.3 Å². The van der Waals surface area contributed by atoms with Crippen LogP contribution in [0.25, 0.3) is 10.8 Å². The van der Waals surface area contributed by atoms with Gasteiger partial charge in [0, 0.05) is 5.41 Å². The van der Waals surface area contributed by atoms with Crippen molar-refractivity contribution in [3.8, 4) is 10.8 Å². The van der Waals surface area contributed by atoms with E-state index in [1.165, 1.54) is 0 Å². The number of rotatable bonds is 3. The van der Waals surface area contributed by atoms with Gasteiger partial charge in [-0.3, -0.25) is 0 Å². The topological polar surface area (TPSA) is 95.7 Å². The number of anilines is 1. The van der Waals surface area contributed by atoms with Crippen LogP contribution in [-0.4, -0.2) is 25.2 Å². The summed E-state index contributed by atoms with van der Waals surface area (Å²) < 4.78 is 7.38. The summed E-state index contributed by atoms with van der Waals surface area (Å²) in [6.07, 6.45) is 0. The lowest BCUT2D eigenvalue weighted by Gasteiger charge is -2.19. The smallest absolute Gasteiger partial charge is 0.257 e. The minimum atomic E-state index is -0.163. The summed E-state index contributed by atoms with van der Waals surface area (Å²) in [5.74, 6) is 1.43. The predicted molar refractivity (Wildman–Crippen MR) is 79.8 cm³/mol. The molecule has 0 aliphatic heterocycles. The molecule has 2 N–H and O–H groups in total. The first-order chi connectivity index (χ1) is 9.95.